The van der Waals surface area contributed by atoms with Gasteiger partial charge in [0.25, 0.3) is 0 Å². The van der Waals surface area contributed by atoms with Gasteiger partial charge in [-0.3, -0.25) is 9.69 Å². The molecule has 0 saturated carbocycles. The van der Waals surface area contributed by atoms with Crippen LogP contribution in [-0.2, 0) is 11.2 Å². The normalized spacial score (nSPS) is 21.8. The standard InChI is InChI=1S/C20H29BFNO4/c22-16-6-4-14-5-7-19(18(14)13-16)23-11-8-15(9-12-23)17(20(24)25)3-1-2-10-21(26)27/h4,6,13,15,17,19,26-27H,1-3,5,7-12H2,(H,24,25). The van der Waals surface area contributed by atoms with Crippen molar-refractivity contribution in [1.29, 1.82) is 0 Å². The molecule has 1 aromatic carbocycles. The Balaban J connectivity index is 1.53. The van der Waals surface area contributed by atoms with Gasteiger partial charge in [-0.05, 0) is 80.7 Å². The van der Waals surface area contributed by atoms with Gasteiger partial charge in [-0.25, -0.2) is 4.39 Å². The molecule has 7 heteroatoms. The molecule has 2 aliphatic rings. The third-order valence-corrected chi connectivity index (χ3v) is 6.28. The number of rotatable bonds is 8. The van der Waals surface area contributed by atoms with Gasteiger partial charge in [-0.15, -0.1) is 0 Å². The van der Waals surface area contributed by atoms with E-state index in [1.54, 1.807) is 6.07 Å². The Hall–Kier alpha value is -1.44. The first kappa shape index (κ1) is 20.3. The smallest absolute Gasteiger partial charge is 0.451 e. The Morgan fingerprint density at radius 1 is 1.22 bits per heavy atom. The minimum Gasteiger partial charge on any atom is -0.481 e. The maximum atomic E-state index is 13.6. The molecule has 1 aliphatic carbocycles. The maximum absolute atomic E-state index is 13.6. The Bertz CT molecular complexity index is 649. The van der Waals surface area contributed by atoms with Gasteiger partial charge in [0, 0.05) is 6.04 Å². The van der Waals surface area contributed by atoms with E-state index in [0.717, 1.165) is 44.3 Å². The summed E-state index contributed by atoms with van der Waals surface area (Å²) in [6, 6.07) is 5.34. The van der Waals surface area contributed by atoms with Crippen molar-refractivity contribution in [3.63, 3.8) is 0 Å². The number of likely N-dealkylation sites (tertiary alicyclic amines) is 1. The van der Waals surface area contributed by atoms with Crippen LogP contribution in [0.25, 0.3) is 0 Å². The van der Waals surface area contributed by atoms with Gasteiger partial charge in [-0.2, -0.15) is 0 Å². The molecule has 0 amide bonds. The number of fused-ring (bicyclic) bond motifs is 1. The molecule has 3 N–H and O–H groups in total. The number of nitrogens with zero attached hydrogens (tertiary/aromatic N) is 1. The lowest BCUT2D eigenvalue weighted by molar-refractivity contribution is -0.144. The van der Waals surface area contributed by atoms with Crippen molar-refractivity contribution in [3.8, 4) is 0 Å². The molecule has 0 bridgehead atoms. The van der Waals surface area contributed by atoms with Gasteiger partial charge in [0.1, 0.15) is 5.82 Å². The van der Waals surface area contributed by atoms with Crippen LogP contribution >= 0.6 is 0 Å². The number of hydrogen-bond acceptors (Lipinski definition) is 4. The summed E-state index contributed by atoms with van der Waals surface area (Å²) in [5, 5.41) is 27.4. The van der Waals surface area contributed by atoms with E-state index in [1.165, 1.54) is 11.6 Å². The van der Waals surface area contributed by atoms with Crippen molar-refractivity contribution < 1.29 is 24.3 Å². The molecule has 5 nitrogen and oxygen atoms in total. The largest absolute Gasteiger partial charge is 0.481 e. The van der Waals surface area contributed by atoms with Crippen LogP contribution < -0.4 is 0 Å². The van der Waals surface area contributed by atoms with Crippen LogP contribution in [0.5, 0.6) is 0 Å². The van der Waals surface area contributed by atoms with Crippen LogP contribution in [-0.4, -0.2) is 46.2 Å². The summed E-state index contributed by atoms with van der Waals surface area (Å²) < 4.78 is 13.6. The minimum absolute atomic E-state index is 0.159. The molecule has 0 aromatic heterocycles. The third kappa shape index (κ3) is 5.09. The molecule has 0 radical (unpaired) electrons. The Labute approximate surface area is 160 Å². The van der Waals surface area contributed by atoms with Crippen molar-refractivity contribution in [3.05, 3.63) is 35.1 Å². The molecule has 1 aliphatic heterocycles. The molecule has 1 heterocycles. The van der Waals surface area contributed by atoms with Crippen LogP contribution in [0.1, 0.15) is 55.7 Å². The number of piperidine rings is 1. The summed E-state index contributed by atoms with van der Waals surface area (Å²) in [5.74, 6) is -1.14. The summed E-state index contributed by atoms with van der Waals surface area (Å²) in [6.07, 6.45) is 5.90. The highest BCUT2D eigenvalue weighted by atomic mass is 19.1. The summed E-state index contributed by atoms with van der Waals surface area (Å²) >= 11 is 0. The highest BCUT2D eigenvalue weighted by Crippen LogP contribution is 2.39. The number of hydrogen-bond donors (Lipinski definition) is 3. The molecule has 1 fully saturated rings. The van der Waals surface area contributed by atoms with E-state index in [2.05, 4.69) is 4.90 Å². The lowest BCUT2D eigenvalue weighted by Gasteiger charge is -2.38. The van der Waals surface area contributed by atoms with Gasteiger partial charge >= 0.3 is 13.1 Å². The second kappa shape index (κ2) is 9.17. The first-order valence-corrected chi connectivity index (χ1v) is 10.1. The Morgan fingerprint density at radius 3 is 2.63 bits per heavy atom. The van der Waals surface area contributed by atoms with Crippen molar-refractivity contribution >= 4 is 13.1 Å². The molecule has 2 atom stereocenters. The van der Waals surface area contributed by atoms with Crippen LogP contribution in [0.3, 0.4) is 0 Å². The molecular weight excluding hydrogens is 348 g/mol. The van der Waals surface area contributed by atoms with Gasteiger partial charge in [0.2, 0.25) is 0 Å². The van der Waals surface area contributed by atoms with Crippen molar-refractivity contribution in [1.82, 2.24) is 4.90 Å². The average Bonchev–Trinajstić information content (AvgIpc) is 3.04. The number of unbranched alkanes of at least 4 members (excludes halogenated alkanes) is 1. The van der Waals surface area contributed by atoms with Crippen molar-refractivity contribution in [2.45, 2.75) is 57.3 Å². The van der Waals surface area contributed by atoms with Crippen molar-refractivity contribution in [2.24, 2.45) is 11.8 Å². The van der Waals surface area contributed by atoms with Crippen LogP contribution in [0.15, 0.2) is 18.2 Å². The van der Waals surface area contributed by atoms with E-state index < -0.39 is 13.1 Å². The lowest BCUT2D eigenvalue weighted by Crippen LogP contribution is -2.39. The first-order valence-electron chi connectivity index (χ1n) is 10.1. The number of halogens is 1. The van der Waals surface area contributed by atoms with Gasteiger partial charge in [-0.1, -0.05) is 18.9 Å². The molecule has 1 saturated heterocycles. The van der Waals surface area contributed by atoms with E-state index >= 15 is 0 Å². The summed E-state index contributed by atoms with van der Waals surface area (Å²) in [4.78, 5) is 14.1. The van der Waals surface area contributed by atoms with Gasteiger partial charge in [0.15, 0.2) is 0 Å². The number of carboxylic acids is 1. The number of benzene rings is 1. The predicted octanol–water partition coefficient (Wildman–Crippen LogP) is 2.87. The molecule has 3 rings (SSSR count). The summed E-state index contributed by atoms with van der Waals surface area (Å²) in [6.45, 7) is 1.70. The Kier molecular flexibility index (Phi) is 6.90. The lowest BCUT2D eigenvalue weighted by atomic mass is 9.78. The third-order valence-electron chi connectivity index (χ3n) is 6.28. The fraction of sp³-hybridized carbons (Fsp3) is 0.650. The molecule has 0 spiro atoms. The zero-order valence-corrected chi connectivity index (χ0v) is 15.7. The zero-order valence-electron chi connectivity index (χ0n) is 15.7. The second-order valence-corrected chi connectivity index (χ2v) is 7.98. The van der Waals surface area contributed by atoms with E-state index in [4.69, 9.17) is 10.0 Å². The number of aryl methyl sites for hydroxylation is 1. The Morgan fingerprint density at radius 2 is 1.96 bits per heavy atom. The monoisotopic (exact) mass is 377 g/mol. The maximum Gasteiger partial charge on any atom is 0.451 e. The molecule has 148 valence electrons. The quantitative estimate of drug-likeness (QED) is 0.480. The molecule has 27 heavy (non-hydrogen) atoms. The average molecular weight is 377 g/mol. The molecule has 1 aromatic rings. The highest BCUT2D eigenvalue weighted by Gasteiger charge is 2.35. The van der Waals surface area contributed by atoms with Gasteiger partial charge in [0.05, 0.1) is 5.92 Å². The van der Waals surface area contributed by atoms with E-state index in [9.17, 15) is 14.3 Å². The molecular formula is C20H29BFNO4. The molecule has 2 unspecified atom stereocenters. The van der Waals surface area contributed by atoms with Crippen molar-refractivity contribution in [2.75, 3.05) is 13.1 Å². The zero-order chi connectivity index (χ0) is 19.4. The topological polar surface area (TPSA) is 81.0 Å². The first-order chi connectivity index (χ1) is 13.0. The fourth-order valence-electron chi connectivity index (χ4n) is 4.82. The van der Waals surface area contributed by atoms with E-state index in [-0.39, 0.29) is 23.7 Å². The second-order valence-electron chi connectivity index (χ2n) is 7.98. The highest BCUT2D eigenvalue weighted by molar-refractivity contribution is 6.40. The number of aliphatic carboxylic acids is 1. The predicted molar refractivity (Wildman–Crippen MR) is 102 cm³/mol. The minimum atomic E-state index is -1.31. The van der Waals surface area contributed by atoms with E-state index in [1.807, 2.05) is 6.07 Å². The van der Waals surface area contributed by atoms with Crippen LogP contribution in [0, 0.1) is 17.7 Å². The summed E-state index contributed by atoms with van der Waals surface area (Å²) in [7, 11) is -1.31. The number of carbonyl (C=O) groups is 1. The van der Waals surface area contributed by atoms with Crippen LogP contribution in [0.4, 0.5) is 4.39 Å². The van der Waals surface area contributed by atoms with Crippen LogP contribution in [0.2, 0.25) is 6.32 Å². The number of carboxylic acid groups (broad SMARTS) is 1. The van der Waals surface area contributed by atoms with Gasteiger partial charge < -0.3 is 15.2 Å². The fourth-order valence-corrected chi connectivity index (χ4v) is 4.82. The van der Waals surface area contributed by atoms with E-state index in [0.29, 0.717) is 25.6 Å². The summed E-state index contributed by atoms with van der Waals surface area (Å²) in [5.41, 5.74) is 2.34. The SMILES string of the molecule is O=C(O)C(CCCCB(O)O)C1CCN(C2CCc3ccc(F)cc32)CC1.